The third kappa shape index (κ3) is 2.19. The molecule has 0 saturated carbocycles. The Morgan fingerprint density at radius 2 is 1.82 bits per heavy atom. The van der Waals surface area contributed by atoms with E-state index in [1.165, 1.54) is 27.7 Å². The fourth-order valence-corrected chi connectivity index (χ4v) is 3.25. The van der Waals surface area contributed by atoms with Crippen molar-refractivity contribution in [3.63, 3.8) is 0 Å². The standard InChI is InChI=1S/C15H21BN/c1-9-6-10(2)14(11(3)7-9)13-8-16-12(4)15(13)17-5/h6-7,13,15,17H,4,8H2,1-3,5H3. The second kappa shape index (κ2) is 4.69. The Kier molecular flexibility index (Phi) is 3.44. The van der Waals surface area contributed by atoms with Crippen molar-refractivity contribution in [3.8, 4) is 0 Å². The smallest absolute Gasteiger partial charge is 0.147 e. The van der Waals surface area contributed by atoms with Gasteiger partial charge in [0.05, 0.1) is 0 Å². The molecular formula is C15H21BN. The fourth-order valence-electron chi connectivity index (χ4n) is 3.25. The minimum Gasteiger partial charge on any atom is -0.314 e. The SMILES string of the molecule is C=C1[B]CC(c2c(C)cc(C)cc2C)C1NC. The minimum atomic E-state index is 0.398. The number of rotatable bonds is 2. The first-order valence-electron chi connectivity index (χ1n) is 6.31. The highest BCUT2D eigenvalue weighted by atomic mass is 14.9. The normalized spacial score (nSPS) is 23.9. The molecule has 1 saturated heterocycles. The number of likely N-dealkylation sites (N-methyl/N-ethyl adjacent to an activating group) is 1. The van der Waals surface area contributed by atoms with Crippen LogP contribution in [-0.2, 0) is 0 Å². The minimum absolute atomic E-state index is 0.398. The molecule has 0 spiro atoms. The van der Waals surface area contributed by atoms with Crippen LogP contribution in [0.1, 0.15) is 28.2 Å². The Labute approximate surface area is 106 Å². The first-order valence-corrected chi connectivity index (χ1v) is 6.31. The van der Waals surface area contributed by atoms with Crippen molar-refractivity contribution in [1.29, 1.82) is 0 Å². The van der Waals surface area contributed by atoms with Crippen LogP contribution in [0.3, 0.4) is 0 Å². The predicted octanol–water partition coefficient (Wildman–Crippen LogP) is 2.93. The van der Waals surface area contributed by atoms with Crippen LogP contribution in [0.15, 0.2) is 24.2 Å². The van der Waals surface area contributed by atoms with Gasteiger partial charge in [-0.05, 0) is 50.4 Å². The quantitative estimate of drug-likeness (QED) is 0.764. The molecule has 17 heavy (non-hydrogen) atoms. The van der Waals surface area contributed by atoms with Gasteiger partial charge in [0.1, 0.15) is 7.28 Å². The Hall–Kier alpha value is -1.02. The fraction of sp³-hybridized carbons (Fsp3) is 0.467. The largest absolute Gasteiger partial charge is 0.314 e. The van der Waals surface area contributed by atoms with E-state index < -0.39 is 0 Å². The van der Waals surface area contributed by atoms with Gasteiger partial charge in [-0.1, -0.05) is 29.5 Å². The maximum absolute atomic E-state index is 4.14. The summed E-state index contributed by atoms with van der Waals surface area (Å²) in [7, 11) is 4.30. The molecule has 1 aliphatic heterocycles. The molecule has 1 aromatic carbocycles. The molecule has 2 rings (SSSR count). The predicted molar refractivity (Wildman–Crippen MR) is 75.9 cm³/mol. The van der Waals surface area contributed by atoms with Crippen LogP contribution < -0.4 is 5.32 Å². The van der Waals surface area contributed by atoms with Gasteiger partial charge in [-0.2, -0.15) is 0 Å². The molecule has 1 N–H and O–H groups in total. The van der Waals surface area contributed by atoms with Crippen LogP contribution in [0.5, 0.6) is 0 Å². The lowest BCUT2D eigenvalue weighted by molar-refractivity contribution is 0.578. The van der Waals surface area contributed by atoms with Crippen LogP contribution in [0.4, 0.5) is 0 Å². The van der Waals surface area contributed by atoms with E-state index in [-0.39, 0.29) is 0 Å². The zero-order chi connectivity index (χ0) is 12.6. The molecule has 2 unspecified atom stereocenters. The van der Waals surface area contributed by atoms with Crippen LogP contribution >= 0.6 is 0 Å². The average molecular weight is 226 g/mol. The summed E-state index contributed by atoms with van der Waals surface area (Å²) in [5.41, 5.74) is 6.92. The highest BCUT2D eigenvalue weighted by Gasteiger charge is 2.32. The lowest BCUT2D eigenvalue weighted by Gasteiger charge is -2.25. The summed E-state index contributed by atoms with van der Waals surface area (Å²) in [5.74, 6) is 0.549. The van der Waals surface area contributed by atoms with E-state index in [1.54, 1.807) is 0 Å². The first kappa shape index (κ1) is 12.4. The molecule has 1 aromatic rings. The van der Waals surface area contributed by atoms with Gasteiger partial charge < -0.3 is 5.32 Å². The first-order chi connectivity index (χ1) is 8.04. The van der Waals surface area contributed by atoms with Gasteiger partial charge in [0.15, 0.2) is 0 Å². The zero-order valence-corrected chi connectivity index (χ0v) is 11.3. The third-order valence-corrected chi connectivity index (χ3v) is 3.86. The van der Waals surface area contributed by atoms with Crippen molar-refractivity contribution in [2.75, 3.05) is 7.05 Å². The van der Waals surface area contributed by atoms with E-state index in [1.807, 2.05) is 7.05 Å². The molecule has 2 atom stereocenters. The molecule has 1 fully saturated rings. The van der Waals surface area contributed by atoms with Crippen molar-refractivity contribution in [2.24, 2.45) is 0 Å². The lowest BCUT2D eigenvalue weighted by atomic mass is 9.72. The molecule has 2 heteroatoms. The van der Waals surface area contributed by atoms with Crippen LogP contribution in [0.25, 0.3) is 0 Å². The highest BCUT2D eigenvalue weighted by molar-refractivity contribution is 6.47. The molecule has 1 heterocycles. The number of aryl methyl sites for hydroxylation is 3. The summed E-state index contributed by atoms with van der Waals surface area (Å²) >= 11 is 0. The molecule has 1 radical (unpaired) electrons. The van der Waals surface area contributed by atoms with Crippen molar-refractivity contribution in [2.45, 2.75) is 39.1 Å². The van der Waals surface area contributed by atoms with E-state index in [0.29, 0.717) is 12.0 Å². The lowest BCUT2D eigenvalue weighted by Crippen LogP contribution is -2.29. The summed E-state index contributed by atoms with van der Waals surface area (Å²) in [6, 6.07) is 4.97. The van der Waals surface area contributed by atoms with Gasteiger partial charge in [-0.25, -0.2) is 0 Å². The molecule has 1 nitrogen and oxygen atoms in total. The number of hydrogen-bond acceptors (Lipinski definition) is 1. The number of hydrogen-bond donors (Lipinski definition) is 1. The Morgan fingerprint density at radius 3 is 2.35 bits per heavy atom. The number of benzene rings is 1. The highest BCUT2D eigenvalue weighted by Crippen LogP contribution is 2.37. The molecule has 0 aromatic heterocycles. The second-order valence-corrected chi connectivity index (χ2v) is 5.20. The maximum Gasteiger partial charge on any atom is 0.147 e. The summed E-state index contributed by atoms with van der Waals surface area (Å²) < 4.78 is 0. The van der Waals surface area contributed by atoms with Crippen molar-refractivity contribution in [1.82, 2.24) is 5.32 Å². The second-order valence-electron chi connectivity index (χ2n) is 5.20. The van der Waals surface area contributed by atoms with Gasteiger partial charge in [-0.15, -0.1) is 6.58 Å². The van der Waals surface area contributed by atoms with Gasteiger partial charge in [-0.3, -0.25) is 0 Å². The topological polar surface area (TPSA) is 12.0 Å². The number of nitrogens with one attached hydrogen (secondary N) is 1. The van der Waals surface area contributed by atoms with E-state index in [9.17, 15) is 0 Å². The Balaban J connectivity index is 2.44. The Morgan fingerprint density at radius 1 is 1.24 bits per heavy atom. The van der Waals surface area contributed by atoms with Crippen LogP contribution in [-0.4, -0.2) is 20.4 Å². The third-order valence-electron chi connectivity index (χ3n) is 3.86. The van der Waals surface area contributed by atoms with Crippen molar-refractivity contribution >= 4 is 7.28 Å². The Bertz CT molecular complexity index is 427. The van der Waals surface area contributed by atoms with Gasteiger partial charge in [0.2, 0.25) is 0 Å². The summed E-state index contributed by atoms with van der Waals surface area (Å²) in [6.45, 7) is 10.8. The van der Waals surface area contributed by atoms with Crippen molar-refractivity contribution < 1.29 is 0 Å². The molecule has 0 bridgehead atoms. The van der Waals surface area contributed by atoms with Crippen LogP contribution in [0.2, 0.25) is 6.32 Å². The monoisotopic (exact) mass is 226 g/mol. The van der Waals surface area contributed by atoms with Crippen LogP contribution in [0, 0.1) is 20.8 Å². The molecule has 1 aliphatic rings. The van der Waals surface area contributed by atoms with Gasteiger partial charge >= 0.3 is 0 Å². The molecular weight excluding hydrogens is 205 g/mol. The van der Waals surface area contributed by atoms with E-state index in [0.717, 1.165) is 6.32 Å². The molecule has 0 amide bonds. The van der Waals surface area contributed by atoms with Gasteiger partial charge in [0.25, 0.3) is 0 Å². The maximum atomic E-state index is 4.14. The van der Waals surface area contributed by atoms with E-state index >= 15 is 0 Å². The van der Waals surface area contributed by atoms with Gasteiger partial charge in [0, 0.05) is 6.04 Å². The average Bonchev–Trinajstić information content (AvgIpc) is 2.58. The summed E-state index contributed by atoms with van der Waals surface area (Å²) in [6.07, 6.45) is 1.11. The summed E-state index contributed by atoms with van der Waals surface area (Å²) in [5, 5.41) is 3.40. The zero-order valence-electron chi connectivity index (χ0n) is 11.3. The summed E-state index contributed by atoms with van der Waals surface area (Å²) in [4.78, 5) is 0. The van der Waals surface area contributed by atoms with E-state index in [2.05, 4.69) is 52.1 Å². The molecule has 89 valence electrons. The van der Waals surface area contributed by atoms with E-state index in [4.69, 9.17) is 0 Å². The van der Waals surface area contributed by atoms with Crippen molar-refractivity contribution in [3.05, 3.63) is 46.4 Å². The molecule has 0 aliphatic carbocycles.